The van der Waals surface area contributed by atoms with Gasteiger partial charge in [0.2, 0.25) is 0 Å². The Morgan fingerprint density at radius 1 is 0.969 bits per heavy atom. The van der Waals surface area contributed by atoms with Gasteiger partial charge in [-0.05, 0) is 29.6 Å². The van der Waals surface area contributed by atoms with Gasteiger partial charge in [-0.2, -0.15) is 0 Å². The predicted molar refractivity (Wildman–Crippen MR) is 113 cm³/mol. The summed E-state index contributed by atoms with van der Waals surface area (Å²) in [6.07, 6.45) is 0. The average molecular weight is 464 g/mol. The Bertz CT molecular complexity index is 1110. The van der Waals surface area contributed by atoms with Crippen LogP contribution in [-0.2, 0) is 13.2 Å². The first-order chi connectivity index (χ1) is 15.4. The van der Waals surface area contributed by atoms with E-state index >= 15 is 0 Å². The molecule has 2 heterocycles. The van der Waals surface area contributed by atoms with E-state index in [4.69, 9.17) is 4.74 Å². The molecule has 0 atom stereocenters. The number of piperazine rings is 1. The van der Waals surface area contributed by atoms with Crippen LogP contribution in [0.25, 0.3) is 0 Å². The molecule has 1 amide bonds. The molecule has 4 rings (SSSR count). The second-order valence-electron chi connectivity index (χ2n) is 7.46. The largest absolute Gasteiger partial charge is 0.486 e. The van der Waals surface area contributed by atoms with Crippen LogP contribution in [0.4, 0.5) is 17.6 Å². The van der Waals surface area contributed by atoms with Crippen molar-refractivity contribution in [3.63, 3.8) is 0 Å². The lowest BCUT2D eigenvalue weighted by Crippen LogP contribution is -2.48. The smallest absolute Gasteiger partial charge is 0.264 e. The second kappa shape index (κ2) is 9.70. The van der Waals surface area contributed by atoms with E-state index in [-0.39, 0.29) is 24.8 Å². The van der Waals surface area contributed by atoms with Crippen LogP contribution in [0.2, 0.25) is 0 Å². The molecule has 2 aromatic carbocycles. The van der Waals surface area contributed by atoms with E-state index in [1.807, 2.05) is 4.90 Å². The maximum Gasteiger partial charge on any atom is 0.264 e. The SMILES string of the molecule is O=C(c1cc(COc2ccc(F)cc2F)cs1)N1CCN(Cc2cccc(F)c2F)CC1. The molecule has 0 N–H and O–H groups in total. The van der Waals surface area contributed by atoms with E-state index in [2.05, 4.69) is 0 Å². The van der Waals surface area contributed by atoms with E-state index in [1.165, 1.54) is 23.5 Å². The zero-order valence-electron chi connectivity index (χ0n) is 17.0. The molecule has 1 saturated heterocycles. The number of carbonyl (C=O) groups excluding carboxylic acids is 1. The molecule has 1 aliphatic rings. The Morgan fingerprint density at radius 3 is 2.50 bits per heavy atom. The molecule has 0 radical (unpaired) electrons. The highest BCUT2D eigenvalue weighted by Gasteiger charge is 2.24. The quantitative estimate of drug-likeness (QED) is 0.490. The number of hydrogen-bond donors (Lipinski definition) is 0. The summed E-state index contributed by atoms with van der Waals surface area (Å²) in [7, 11) is 0. The van der Waals surface area contributed by atoms with Crippen LogP contribution < -0.4 is 4.74 Å². The summed E-state index contributed by atoms with van der Waals surface area (Å²) in [6, 6.07) is 8.91. The van der Waals surface area contributed by atoms with Gasteiger partial charge in [-0.25, -0.2) is 17.6 Å². The van der Waals surface area contributed by atoms with Gasteiger partial charge in [0.25, 0.3) is 5.91 Å². The van der Waals surface area contributed by atoms with Crippen LogP contribution in [0.3, 0.4) is 0 Å². The molecule has 32 heavy (non-hydrogen) atoms. The zero-order chi connectivity index (χ0) is 22.7. The van der Waals surface area contributed by atoms with Gasteiger partial charge in [0.1, 0.15) is 12.4 Å². The Balaban J connectivity index is 1.30. The minimum absolute atomic E-state index is 0.0549. The number of hydrogen-bond acceptors (Lipinski definition) is 4. The first-order valence-corrected chi connectivity index (χ1v) is 10.9. The van der Waals surface area contributed by atoms with Crippen LogP contribution in [0.5, 0.6) is 5.75 Å². The molecular formula is C23H20F4N2O2S. The molecule has 4 nitrogen and oxygen atoms in total. The van der Waals surface area contributed by atoms with Crippen molar-refractivity contribution in [1.29, 1.82) is 0 Å². The normalized spacial score (nSPS) is 14.6. The first-order valence-electron chi connectivity index (χ1n) is 10.0. The van der Waals surface area contributed by atoms with Gasteiger partial charge in [0.15, 0.2) is 23.2 Å². The van der Waals surface area contributed by atoms with Crippen molar-refractivity contribution >= 4 is 17.2 Å². The van der Waals surface area contributed by atoms with Gasteiger partial charge < -0.3 is 9.64 Å². The van der Waals surface area contributed by atoms with Crippen molar-refractivity contribution in [3.05, 3.63) is 87.1 Å². The van der Waals surface area contributed by atoms with Crippen LogP contribution in [0, 0.1) is 23.3 Å². The van der Waals surface area contributed by atoms with Crippen LogP contribution in [0.15, 0.2) is 47.8 Å². The number of halogens is 4. The molecule has 0 spiro atoms. The fourth-order valence-corrected chi connectivity index (χ4v) is 4.36. The average Bonchev–Trinajstić information content (AvgIpc) is 3.25. The Hall–Kier alpha value is -2.91. The Kier molecular flexibility index (Phi) is 6.76. The van der Waals surface area contributed by atoms with Crippen molar-refractivity contribution in [2.45, 2.75) is 13.2 Å². The third kappa shape index (κ3) is 5.11. The minimum atomic E-state index is -0.865. The van der Waals surface area contributed by atoms with Gasteiger partial charge >= 0.3 is 0 Å². The fraction of sp³-hybridized carbons (Fsp3) is 0.261. The molecule has 9 heteroatoms. The summed E-state index contributed by atoms with van der Waals surface area (Å²) in [5, 5.41) is 1.76. The van der Waals surface area contributed by atoms with Crippen molar-refractivity contribution in [3.8, 4) is 5.75 Å². The number of rotatable bonds is 6. The van der Waals surface area contributed by atoms with E-state index in [0.29, 0.717) is 42.2 Å². The van der Waals surface area contributed by atoms with E-state index in [1.54, 1.807) is 22.4 Å². The van der Waals surface area contributed by atoms with Gasteiger partial charge in [-0.1, -0.05) is 12.1 Å². The predicted octanol–water partition coefficient (Wildman–Crippen LogP) is 4.84. The maximum atomic E-state index is 13.9. The Morgan fingerprint density at radius 2 is 1.75 bits per heavy atom. The Labute approximate surface area is 186 Å². The van der Waals surface area contributed by atoms with Crippen LogP contribution in [0.1, 0.15) is 20.8 Å². The van der Waals surface area contributed by atoms with Crippen molar-refractivity contribution in [2.75, 3.05) is 26.2 Å². The molecule has 1 aliphatic heterocycles. The van der Waals surface area contributed by atoms with E-state index < -0.39 is 23.3 Å². The highest BCUT2D eigenvalue weighted by molar-refractivity contribution is 7.12. The molecule has 1 aromatic heterocycles. The number of carbonyl (C=O) groups is 1. The highest BCUT2D eigenvalue weighted by Crippen LogP contribution is 2.23. The van der Waals surface area contributed by atoms with E-state index in [9.17, 15) is 22.4 Å². The summed E-state index contributed by atoms with van der Waals surface area (Å²) in [5.41, 5.74) is 1.01. The van der Waals surface area contributed by atoms with E-state index in [0.717, 1.165) is 18.2 Å². The molecule has 0 saturated carbocycles. The van der Waals surface area contributed by atoms with Gasteiger partial charge in [0, 0.05) is 49.9 Å². The molecule has 1 fully saturated rings. The number of nitrogens with zero attached hydrogens (tertiary/aromatic N) is 2. The third-order valence-electron chi connectivity index (χ3n) is 5.24. The van der Waals surface area contributed by atoms with Crippen molar-refractivity contribution in [1.82, 2.24) is 9.80 Å². The van der Waals surface area contributed by atoms with Crippen LogP contribution in [-0.4, -0.2) is 41.9 Å². The molecule has 0 aliphatic carbocycles. The van der Waals surface area contributed by atoms with Crippen LogP contribution >= 0.6 is 11.3 Å². The number of benzene rings is 2. The summed E-state index contributed by atoms with van der Waals surface area (Å²) < 4.78 is 59.3. The van der Waals surface area contributed by atoms with Gasteiger partial charge in [-0.3, -0.25) is 9.69 Å². The number of thiophene rings is 1. The monoisotopic (exact) mass is 464 g/mol. The molecule has 168 valence electrons. The lowest BCUT2D eigenvalue weighted by Gasteiger charge is -2.34. The number of ether oxygens (including phenoxy) is 1. The standard InChI is InChI=1S/C23H20F4N2O2S/c24-17-4-5-20(19(26)11-17)31-13-15-10-21(32-14-15)23(30)29-8-6-28(7-9-29)12-16-2-1-3-18(25)22(16)27/h1-5,10-11,14H,6-9,12-13H2. The first kappa shape index (κ1) is 22.3. The highest BCUT2D eigenvalue weighted by atomic mass is 32.1. The van der Waals surface area contributed by atoms with Crippen molar-refractivity contribution < 1.29 is 27.1 Å². The molecule has 0 bridgehead atoms. The molecule has 0 unspecified atom stereocenters. The lowest BCUT2D eigenvalue weighted by atomic mass is 10.1. The van der Waals surface area contributed by atoms with Gasteiger partial charge in [0.05, 0.1) is 4.88 Å². The summed E-state index contributed by atoms with van der Waals surface area (Å²) in [5.74, 6) is -3.34. The van der Waals surface area contributed by atoms with Gasteiger partial charge in [-0.15, -0.1) is 11.3 Å². The molecular weight excluding hydrogens is 444 g/mol. The molecule has 3 aromatic rings. The lowest BCUT2D eigenvalue weighted by molar-refractivity contribution is 0.0631. The fourth-order valence-electron chi connectivity index (χ4n) is 3.49. The topological polar surface area (TPSA) is 32.8 Å². The zero-order valence-corrected chi connectivity index (χ0v) is 17.8. The third-order valence-corrected chi connectivity index (χ3v) is 6.20. The van der Waals surface area contributed by atoms with Crippen molar-refractivity contribution in [2.24, 2.45) is 0 Å². The summed E-state index contributed by atoms with van der Waals surface area (Å²) in [4.78, 5) is 17.0. The summed E-state index contributed by atoms with van der Waals surface area (Å²) in [6.45, 7) is 2.38. The minimum Gasteiger partial charge on any atom is -0.486 e. The maximum absolute atomic E-state index is 13.9. The second-order valence-corrected chi connectivity index (χ2v) is 8.38. The number of amides is 1. The summed E-state index contributed by atoms with van der Waals surface area (Å²) >= 11 is 1.27.